The molecule has 0 radical (unpaired) electrons. The Morgan fingerprint density at radius 2 is 1.79 bits per heavy atom. The number of hydrogen-bond donors (Lipinski definition) is 0. The lowest BCUT2D eigenvalue weighted by Gasteiger charge is -2.43. The number of fused-ring (bicyclic) bond motifs is 1. The summed E-state index contributed by atoms with van der Waals surface area (Å²) in [5.41, 5.74) is 3.25. The predicted octanol–water partition coefficient (Wildman–Crippen LogP) is 4.21. The second kappa shape index (κ2) is 11.7. The van der Waals surface area contributed by atoms with Gasteiger partial charge in [-0.15, -0.1) is 0 Å². The molecule has 8 heteroatoms. The zero-order chi connectivity index (χ0) is 26.7. The van der Waals surface area contributed by atoms with Gasteiger partial charge in [-0.05, 0) is 48.9 Å². The fourth-order valence-corrected chi connectivity index (χ4v) is 5.91. The van der Waals surface area contributed by atoms with Crippen molar-refractivity contribution in [3.05, 3.63) is 64.8 Å². The number of piperazine rings is 1. The lowest BCUT2D eigenvalue weighted by Crippen LogP contribution is -2.58. The van der Waals surface area contributed by atoms with Crippen molar-refractivity contribution in [1.82, 2.24) is 19.3 Å². The Balaban J connectivity index is 1.36. The average Bonchev–Trinajstić information content (AvgIpc) is 3.24. The van der Waals surface area contributed by atoms with Crippen molar-refractivity contribution in [2.24, 2.45) is 7.05 Å². The first-order chi connectivity index (χ1) is 18.4. The monoisotopic (exact) mass is 538 g/mol. The van der Waals surface area contributed by atoms with Crippen LogP contribution < -0.4 is 4.74 Å². The Labute approximate surface area is 230 Å². The summed E-state index contributed by atoms with van der Waals surface area (Å²) < 4.78 is 14.9. The zero-order valence-corrected chi connectivity index (χ0v) is 23.5. The summed E-state index contributed by atoms with van der Waals surface area (Å²) in [6.45, 7) is 8.62. The minimum Gasteiger partial charge on any atom is -0.491 e. The van der Waals surface area contributed by atoms with Crippen LogP contribution in [0.25, 0.3) is 10.9 Å². The highest BCUT2D eigenvalue weighted by Crippen LogP contribution is 2.30. The van der Waals surface area contributed by atoms with Gasteiger partial charge in [0.25, 0.3) is 0 Å². The number of amides is 1. The van der Waals surface area contributed by atoms with E-state index >= 15 is 0 Å². The number of benzene rings is 2. The van der Waals surface area contributed by atoms with Gasteiger partial charge < -0.3 is 23.8 Å². The molecule has 1 atom stereocenters. The van der Waals surface area contributed by atoms with E-state index in [0.29, 0.717) is 31.2 Å². The number of carbonyl (C=O) groups excluding carboxylic acids is 1. The van der Waals surface area contributed by atoms with Crippen LogP contribution >= 0.6 is 11.6 Å². The summed E-state index contributed by atoms with van der Waals surface area (Å²) in [7, 11) is 4.23. The van der Waals surface area contributed by atoms with Crippen LogP contribution in [-0.4, -0.2) is 90.3 Å². The highest BCUT2D eigenvalue weighted by Gasteiger charge is 2.41. The van der Waals surface area contributed by atoms with E-state index in [1.54, 1.807) is 0 Å². The predicted molar refractivity (Wildman–Crippen MR) is 152 cm³/mol. The van der Waals surface area contributed by atoms with Crippen LogP contribution in [0.2, 0.25) is 5.02 Å². The Kier molecular flexibility index (Phi) is 8.29. The van der Waals surface area contributed by atoms with Crippen LogP contribution in [0.3, 0.4) is 0 Å². The van der Waals surface area contributed by atoms with Crippen molar-refractivity contribution in [2.75, 3.05) is 59.5 Å². The number of morpholine rings is 1. The number of aromatic nitrogens is 1. The van der Waals surface area contributed by atoms with Gasteiger partial charge in [0.05, 0.1) is 18.5 Å². The number of nitrogens with zero attached hydrogens (tertiary/aromatic N) is 4. The molecule has 5 rings (SSSR count). The van der Waals surface area contributed by atoms with E-state index in [-0.39, 0.29) is 5.91 Å². The van der Waals surface area contributed by atoms with Gasteiger partial charge >= 0.3 is 0 Å². The number of likely N-dealkylation sites (N-methyl/N-ethyl adjacent to an activating group) is 1. The molecule has 0 aliphatic carbocycles. The summed E-state index contributed by atoms with van der Waals surface area (Å²) >= 11 is 6.07. The number of hydrogen-bond acceptors (Lipinski definition) is 5. The van der Waals surface area contributed by atoms with Gasteiger partial charge in [0.2, 0.25) is 5.91 Å². The highest BCUT2D eigenvalue weighted by atomic mass is 35.5. The van der Waals surface area contributed by atoms with E-state index in [4.69, 9.17) is 21.1 Å². The molecule has 3 heterocycles. The molecule has 1 aromatic heterocycles. The number of para-hydroxylation sites is 1. The first-order valence-corrected chi connectivity index (χ1v) is 14.0. The first kappa shape index (κ1) is 27.0. The van der Waals surface area contributed by atoms with Crippen LogP contribution in [0.15, 0.2) is 48.7 Å². The molecule has 204 valence electrons. The maximum atomic E-state index is 13.5. The molecular formula is C30H39ClN4O3. The van der Waals surface area contributed by atoms with Gasteiger partial charge in [-0.1, -0.05) is 36.7 Å². The van der Waals surface area contributed by atoms with Gasteiger partial charge in [0, 0.05) is 69.5 Å². The van der Waals surface area contributed by atoms with E-state index in [2.05, 4.69) is 59.8 Å². The zero-order valence-electron chi connectivity index (χ0n) is 22.8. The lowest BCUT2D eigenvalue weighted by atomic mass is 9.96. The van der Waals surface area contributed by atoms with E-state index in [9.17, 15) is 4.79 Å². The topological polar surface area (TPSA) is 50.2 Å². The molecule has 2 aromatic carbocycles. The summed E-state index contributed by atoms with van der Waals surface area (Å²) in [5.74, 6) is 0.861. The Hall–Kier alpha value is -2.58. The smallest absolute Gasteiger partial charge is 0.225 e. The van der Waals surface area contributed by atoms with Crippen LogP contribution in [0, 0.1) is 0 Å². The molecule has 2 fully saturated rings. The fraction of sp³-hybridized carbons (Fsp3) is 0.500. The molecule has 38 heavy (non-hydrogen) atoms. The van der Waals surface area contributed by atoms with Gasteiger partial charge in [-0.25, -0.2) is 0 Å². The van der Waals surface area contributed by atoms with Crippen molar-refractivity contribution >= 4 is 28.4 Å². The quantitative estimate of drug-likeness (QED) is 0.430. The molecule has 2 aliphatic heterocycles. The number of ether oxygens (including phenoxy) is 2. The Morgan fingerprint density at radius 3 is 2.53 bits per heavy atom. The number of halogens is 1. The summed E-state index contributed by atoms with van der Waals surface area (Å²) in [6.07, 6.45) is 3.56. The van der Waals surface area contributed by atoms with E-state index < -0.39 is 5.60 Å². The Morgan fingerprint density at radius 1 is 1.03 bits per heavy atom. The second-order valence-corrected chi connectivity index (χ2v) is 11.2. The maximum absolute atomic E-state index is 13.5. The fourth-order valence-electron chi connectivity index (χ4n) is 5.78. The normalized spacial score (nSPS) is 21.2. The Bertz CT molecular complexity index is 1250. The number of rotatable bonds is 8. The van der Waals surface area contributed by atoms with Crippen molar-refractivity contribution in [2.45, 2.75) is 31.9 Å². The first-order valence-electron chi connectivity index (χ1n) is 13.6. The maximum Gasteiger partial charge on any atom is 0.225 e. The summed E-state index contributed by atoms with van der Waals surface area (Å²) in [5, 5.41) is 1.97. The van der Waals surface area contributed by atoms with Gasteiger partial charge in [0.15, 0.2) is 0 Å². The van der Waals surface area contributed by atoms with Crippen LogP contribution in [0.4, 0.5) is 0 Å². The van der Waals surface area contributed by atoms with Crippen LogP contribution in [0.5, 0.6) is 5.75 Å². The van der Waals surface area contributed by atoms with Gasteiger partial charge in [-0.3, -0.25) is 9.69 Å². The minimum atomic E-state index is -0.725. The third-order valence-electron chi connectivity index (χ3n) is 7.92. The van der Waals surface area contributed by atoms with Crippen LogP contribution in [-0.2, 0) is 29.5 Å². The molecule has 0 bridgehead atoms. The molecule has 2 saturated heterocycles. The van der Waals surface area contributed by atoms with Crippen molar-refractivity contribution < 1.29 is 14.3 Å². The highest BCUT2D eigenvalue weighted by molar-refractivity contribution is 6.30. The second-order valence-electron chi connectivity index (χ2n) is 10.8. The standard InChI is InChI=1S/C30H39ClN4O3/c1-4-23-6-5-7-27-24(19-33(3)29(23)27)20-34-16-17-38-30(21-34,22-37-26-10-8-25(31)9-11-26)18-28(36)35-14-12-32(2)13-15-35/h5-11,19H,4,12-18,20-22H2,1-3H3. The third kappa shape index (κ3) is 6.01. The van der Waals surface area contributed by atoms with E-state index in [1.165, 1.54) is 22.0 Å². The van der Waals surface area contributed by atoms with Crippen LogP contribution in [0.1, 0.15) is 24.5 Å². The average molecular weight is 539 g/mol. The van der Waals surface area contributed by atoms with Gasteiger partial charge in [-0.2, -0.15) is 0 Å². The molecule has 0 saturated carbocycles. The number of aryl methyl sites for hydroxylation is 2. The summed E-state index contributed by atoms with van der Waals surface area (Å²) in [6, 6.07) is 13.9. The van der Waals surface area contributed by atoms with Crippen molar-refractivity contribution in [1.29, 1.82) is 0 Å². The molecule has 7 nitrogen and oxygen atoms in total. The molecule has 3 aromatic rings. The van der Waals surface area contributed by atoms with Gasteiger partial charge in [0.1, 0.15) is 18.0 Å². The largest absolute Gasteiger partial charge is 0.491 e. The lowest BCUT2D eigenvalue weighted by molar-refractivity contribution is -0.157. The molecule has 1 amide bonds. The van der Waals surface area contributed by atoms with E-state index in [0.717, 1.165) is 51.4 Å². The molecule has 1 unspecified atom stereocenters. The third-order valence-corrected chi connectivity index (χ3v) is 8.17. The molecule has 0 spiro atoms. The minimum absolute atomic E-state index is 0.136. The number of carbonyl (C=O) groups is 1. The van der Waals surface area contributed by atoms with Crippen molar-refractivity contribution in [3.8, 4) is 5.75 Å². The van der Waals surface area contributed by atoms with E-state index in [1.807, 2.05) is 29.2 Å². The summed E-state index contributed by atoms with van der Waals surface area (Å²) in [4.78, 5) is 20.1. The SMILES string of the molecule is CCc1cccc2c(CN3CCOC(COc4ccc(Cl)cc4)(CC(=O)N4CCN(C)CC4)C3)cn(C)c12. The molecular weight excluding hydrogens is 500 g/mol. The molecule has 2 aliphatic rings. The van der Waals surface area contributed by atoms with Crippen molar-refractivity contribution in [3.63, 3.8) is 0 Å². The molecule has 0 N–H and O–H groups in total.